The summed E-state index contributed by atoms with van der Waals surface area (Å²) in [6.07, 6.45) is 0. The maximum atomic E-state index is 4.50. The Labute approximate surface area is 108 Å². The van der Waals surface area contributed by atoms with Crippen LogP contribution in [-0.2, 0) is 6.54 Å². The van der Waals surface area contributed by atoms with Crippen molar-refractivity contribution >= 4 is 11.6 Å². The second-order valence-corrected chi connectivity index (χ2v) is 4.26. The Kier molecular flexibility index (Phi) is 3.77. The topological polar surface area (TPSA) is 41.0 Å². The van der Waals surface area contributed by atoms with Crippen LogP contribution in [0.5, 0.6) is 0 Å². The molecule has 18 heavy (non-hydrogen) atoms. The van der Waals surface area contributed by atoms with Gasteiger partial charge in [0, 0.05) is 19.8 Å². The first-order valence-electron chi connectivity index (χ1n) is 5.97. The number of aromatic nitrogens is 2. The Hall–Kier alpha value is -2.10. The number of nitrogens with one attached hydrogen (secondary N) is 1. The fourth-order valence-electron chi connectivity index (χ4n) is 1.79. The molecule has 0 fully saturated rings. The first-order valence-corrected chi connectivity index (χ1v) is 5.97. The van der Waals surface area contributed by atoms with Crippen LogP contribution >= 0.6 is 0 Å². The van der Waals surface area contributed by atoms with E-state index >= 15 is 0 Å². The first kappa shape index (κ1) is 12.4. The Morgan fingerprint density at radius 3 is 2.61 bits per heavy atom. The van der Waals surface area contributed by atoms with Gasteiger partial charge in [0.2, 0.25) is 0 Å². The lowest BCUT2D eigenvalue weighted by atomic mass is 10.3. The third-order valence-electron chi connectivity index (χ3n) is 2.73. The Morgan fingerprint density at radius 2 is 1.89 bits per heavy atom. The summed E-state index contributed by atoms with van der Waals surface area (Å²) in [7, 11) is 3.89. The van der Waals surface area contributed by atoms with E-state index in [2.05, 4.69) is 20.2 Å². The van der Waals surface area contributed by atoms with Gasteiger partial charge in [-0.3, -0.25) is 4.98 Å². The highest BCUT2D eigenvalue weighted by Crippen LogP contribution is 2.14. The van der Waals surface area contributed by atoms with E-state index in [9.17, 15) is 0 Å². The molecule has 0 saturated carbocycles. The van der Waals surface area contributed by atoms with Crippen molar-refractivity contribution in [2.45, 2.75) is 13.5 Å². The van der Waals surface area contributed by atoms with E-state index in [0.717, 1.165) is 29.6 Å². The van der Waals surface area contributed by atoms with Crippen molar-refractivity contribution < 1.29 is 0 Å². The van der Waals surface area contributed by atoms with Gasteiger partial charge in [-0.2, -0.15) is 0 Å². The molecular formula is C14H18N4. The number of nitrogens with zero attached hydrogens (tertiary/aromatic N) is 3. The molecule has 0 atom stereocenters. The van der Waals surface area contributed by atoms with Gasteiger partial charge in [-0.05, 0) is 31.2 Å². The van der Waals surface area contributed by atoms with Gasteiger partial charge in [0.15, 0.2) is 0 Å². The summed E-state index contributed by atoms with van der Waals surface area (Å²) in [6.45, 7) is 2.76. The standard InChI is InChI=1S/C14H18N4/c1-11-6-4-7-12(16-11)10-18(3)14-9-5-8-13(15-2)17-14/h4-9H,10H2,1-3H3,(H,15,17). The van der Waals surface area contributed by atoms with E-state index in [4.69, 9.17) is 0 Å². The monoisotopic (exact) mass is 242 g/mol. The third kappa shape index (κ3) is 2.97. The van der Waals surface area contributed by atoms with Gasteiger partial charge in [-0.1, -0.05) is 12.1 Å². The molecule has 0 aliphatic carbocycles. The van der Waals surface area contributed by atoms with Crippen molar-refractivity contribution in [2.24, 2.45) is 0 Å². The molecule has 0 unspecified atom stereocenters. The predicted molar refractivity (Wildman–Crippen MR) is 74.9 cm³/mol. The maximum absolute atomic E-state index is 4.50. The molecule has 0 spiro atoms. The minimum atomic E-state index is 0.752. The summed E-state index contributed by atoms with van der Waals surface area (Å²) in [5.41, 5.74) is 2.09. The van der Waals surface area contributed by atoms with E-state index in [-0.39, 0.29) is 0 Å². The molecule has 2 aromatic rings. The normalized spacial score (nSPS) is 10.2. The molecular weight excluding hydrogens is 224 g/mol. The molecule has 0 aliphatic rings. The van der Waals surface area contributed by atoms with Crippen molar-refractivity contribution in [2.75, 3.05) is 24.3 Å². The molecule has 0 radical (unpaired) electrons. The van der Waals surface area contributed by atoms with Crippen LogP contribution in [0.3, 0.4) is 0 Å². The molecule has 2 rings (SSSR count). The average Bonchev–Trinajstić information content (AvgIpc) is 2.39. The number of rotatable bonds is 4. The van der Waals surface area contributed by atoms with E-state index in [1.165, 1.54) is 0 Å². The number of aryl methyl sites for hydroxylation is 1. The van der Waals surface area contributed by atoms with Gasteiger partial charge in [-0.15, -0.1) is 0 Å². The molecule has 1 N–H and O–H groups in total. The van der Waals surface area contributed by atoms with Crippen molar-refractivity contribution in [1.29, 1.82) is 0 Å². The van der Waals surface area contributed by atoms with Crippen molar-refractivity contribution in [1.82, 2.24) is 9.97 Å². The number of anilines is 2. The van der Waals surface area contributed by atoms with Crippen molar-refractivity contribution in [3.8, 4) is 0 Å². The van der Waals surface area contributed by atoms with Crippen molar-refractivity contribution in [3.63, 3.8) is 0 Å². The zero-order valence-corrected chi connectivity index (χ0v) is 11.0. The van der Waals surface area contributed by atoms with Crippen LogP contribution in [0.1, 0.15) is 11.4 Å². The highest BCUT2D eigenvalue weighted by molar-refractivity contribution is 5.46. The van der Waals surface area contributed by atoms with Crippen LogP contribution < -0.4 is 10.2 Å². The third-order valence-corrected chi connectivity index (χ3v) is 2.73. The van der Waals surface area contributed by atoms with Gasteiger partial charge in [0.05, 0.1) is 12.2 Å². The Morgan fingerprint density at radius 1 is 1.11 bits per heavy atom. The zero-order valence-electron chi connectivity index (χ0n) is 11.0. The van der Waals surface area contributed by atoms with E-state index in [1.54, 1.807) is 0 Å². The second-order valence-electron chi connectivity index (χ2n) is 4.26. The fourth-order valence-corrected chi connectivity index (χ4v) is 1.79. The molecule has 4 heteroatoms. The Balaban J connectivity index is 2.13. The van der Waals surface area contributed by atoms with Crippen LogP contribution in [0.4, 0.5) is 11.6 Å². The lowest BCUT2D eigenvalue weighted by Crippen LogP contribution is -2.18. The molecule has 2 aromatic heterocycles. The summed E-state index contributed by atoms with van der Waals surface area (Å²) in [5.74, 6) is 1.81. The summed E-state index contributed by atoms with van der Waals surface area (Å²) in [4.78, 5) is 11.1. The summed E-state index contributed by atoms with van der Waals surface area (Å²) < 4.78 is 0. The van der Waals surface area contributed by atoms with Crippen LogP contribution in [0.25, 0.3) is 0 Å². The molecule has 0 bridgehead atoms. The highest BCUT2D eigenvalue weighted by atomic mass is 15.2. The second kappa shape index (κ2) is 5.49. The van der Waals surface area contributed by atoms with Gasteiger partial charge < -0.3 is 10.2 Å². The molecule has 0 aliphatic heterocycles. The molecule has 0 saturated heterocycles. The maximum Gasteiger partial charge on any atom is 0.131 e. The fraction of sp³-hybridized carbons (Fsp3) is 0.286. The lowest BCUT2D eigenvalue weighted by molar-refractivity contribution is 0.860. The minimum absolute atomic E-state index is 0.752. The van der Waals surface area contributed by atoms with E-state index in [0.29, 0.717) is 0 Å². The summed E-state index contributed by atoms with van der Waals surface area (Å²) >= 11 is 0. The predicted octanol–water partition coefficient (Wildman–Crippen LogP) is 2.46. The largest absolute Gasteiger partial charge is 0.373 e. The smallest absolute Gasteiger partial charge is 0.131 e. The summed E-state index contributed by atoms with van der Waals surface area (Å²) in [5, 5.41) is 3.04. The van der Waals surface area contributed by atoms with Gasteiger partial charge in [-0.25, -0.2) is 4.98 Å². The van der Waals surface area contributed by atoms with Gasteiger partial charge in [0.25, 0.3) is 0 Å². The molecule has 94 valence electrons. The van der Waals surface area contributed by atoms with Crippen LogP contribution in [0.2, 0.25) is 0 Å². The van der Waals surface area contributed by atoms with Crippen LogP contribution in [0.15, 0.2) is 36.4 Å². The number of pyridine rings is 2. The van der Waals surface area contributed by atoms with E-state index in [1.807, 2.05) is 57.4 Å². The Bertz CT molecular complexity index is 525. The van der Waals surface area contributed by atoms with Crippen LogP contribution in [0, 0.1) is 6.92 Å². The molecule has 4 nitrogen and oxygen atoms in total. The molecule has 2 heterocycles. The molecule has 0 amide bonds. The van der Waals surface area contributed by atoms with Gasteiger partial charge in [0.1, 0.15) is 11.6 Å². The number of hydrogen-bond acceptors (Lipinski definition) is 4. The van der Waals surface area contributed by atoms with Crippen molar-refractivity contribution in [3.05, 3.63) is 47.8 Å². The van der Waals surface area contributed by atoms with Gasteiger partial charge >= 0.3 is 0 Å². The van der Waals surface area contributed by atoms with Crippen LogP contribution in [-0.4, -0.2) is 24.1 Å². The summed E-state index contributed by atoms with van der Waals surface area (Å²) in [6, 6.07) is 12.0. The average molecular weight is 242 g/mol. The zero-order chi connectivity index (χ0) is 13.0. The first-order chi connectivity index (χ1) is 8.69. The number of hydrogen-bond donors (Lipinski definition) is 1. The van der Waals surface area contributed by atoms with E-state index < -0.39 is 0 Å². The lowest BCUT2D eigenvalue weighted by Gasteiger charge is -2.18. The quantitative estimate of drug-likeness (QED) is 0.894. The molecule has 0 aromatic carbocycles. The SMILES string of the molecule is CNc1cccc(N(C)Cc2cccc(C)n2)n1. The highest BCUT2D eigenvalue weighted by Gasteiger charge is 2.05. The minimum Gasteiger partial charge on any atom is -0.373 e.